The highest BCUT2D eigenvalue weighted by atomic mass is 127. The molecule has 0 aliphatic carbocycles. The fourth-order valence-electron chi connectivity index (χ4n) is 2.76. The van der Waals surface area contributed by atoms with E-state index in [0.717, 1.165) is 22.5 Å². The van der Waals surface area contributed by atoms with E-state index in [9.17, 15) is 0 Å². The Bertz CT molecular complexity index is 968. The van der Waals surface area contributed by atoms with Gasteiger partial charge in [-0.1, -0.05) is 6.07 Å². The number of fused-ring (bicyclic) bond motifs is 1. The zero-order valence-electron chi connectivity index (χ0n) is 15.8. The van der Waals surface area contributed by atoms with Crippen LogP contribution in [0.2, 0.25) is 0 Å². The molecule has 0 amide bonds. The second-order valence-corrected chi connectivity index (χ2v) is 5.98. The summed E-state index contributed by atoms with van der Waals surface area (Å²) in [5.74, 6) is 2.43. The molecule has 144 valence electrons. The number of nitrogens with two attached hydrogens (primary N) is 1. The largest absolute Gasteiger partial charge is 0.493 e. The smallest absolute Gasteiger partial charge is 0.193 e. The Labute approximate surface area is 175 Å². The van der Waals surface area contributed by atoms with Gasteiger partial charge in [0.25, 0.3) is 0 Å². The highest BCUT2D eigenvalue weighted by Gasteiger charge is 2.08. The van der Waals surface area contributed by atoms with E-state index in [0.29, 0.717) is 24.0 Å². The van der Waals surface area contributed by atoms with Crippen molar-refractivity contribution in [1.29, 1.82) is 0 Å². The number of benzene rings is 2. The van der Waals surface area contributed by atoms with Crippen LogP contribution in [-0.4, -0.2) is 29.7 Å². The van der Waals surface area contributed by atoms with Crippen molar-refractivity contribution in [3.05, 3.63) is 47.8 Å². The van der Waals surface area contributed by atoms with Crippen LogP contribution >= 0.6 is 24.0 Å². The fraction of sp³-hybridized carbons (Fsp3) is 0.263. The fourth-order valence-corrected chi connectivity index (χ4v) is 2.76. The summed E-state index contributed by atoms with van der Waals surface area (Å²) < 4.78 is 12.5. The first-order valence-electron chi connectivity index (χ1n) is 8.22. The minimum atomic E-state index is 0. The number of aromatic nitrogens is 2. The van der Waals surface area contributed by atoms with Gasteiger partial charge in [-0.3, -0.25) is 0 Å². The van der Waals surface area contributed by atoms with Crippen molar-refractivity contribution in [2.75, 3.05) is 19.5 Å². The van der Waals surface area contributed by atoms with Crippen LogP contribution < -0.4 is 20.5 Å². The van der Waals surface area contributed by atoms with Crippen molar-refractivity contribution in [3.63, 3.8) is 0 Å². The van der Waals surface area contributed by atoms with Gasteiger partial charge in [-0.15, -0.1) is 24.0 Å². The number of hydrogen-bond acceptors (Lipinski definition) is 4. The molecule has 0 saturated heterocycles. The van der Waals surface area contributed by atoms with Crippen molar-refractivity contribution in [3.8, 4) is 11.5 Å². The van der Waals surface area contributed by atoms with Gasteiger partial charge in [0.1, 0.15) is 12.4 Å². The van der Waals surface area contributed by atoms with Crippen LogP contribution in [0.3, 0.4) is 0 Å². The van der Waals surface area contributed by atoms with E-state index in [4.69, 9.17) is 15.2 Å². The van der Waals surface area contributed by atoms with E-state index in [-0.39, 0.29) is 24.0 Å². The number of nitrogens with one attached hydrogen (secondary N) is 1. The van der Waals surface area contributed by atoms with Gasteiger partial charge in [0, 0.05) is 18.8 Å². The number of nitrogens with zero attached hydrogens (tertiary/aromatic N) is 3. The quantitative estimate of drug-likeness (QED) is 0.331. The Kier molecular flexibility index (Phi) is 6.89. The van der Waals surface area contributed by atoms with Crippen molar-refractivity contribution >= 4 is 46.7 Å². The molecule has 0 fully saturated rings. The average molecular weight is 481 g/mol. The monoisotopic (exact) mass is 481 g/mol. The van der Waals surface area contributed by atoms with Crippen LogP contribution in [0.15, 0.2) is 41.4 Å². The first-order valence-corrected chi connectivity index (χ1v) is 8.22. The number of rotatable bonds is 5. The number of halogens is 1. The summed E-state index contributed by atoms with van der Waals surface area (Å²) in [4.78, 5) is 9.03. The van der Waals surface area contributed by atoms with E-state index in [2.05, 4.69) is 40.4 Å². The maximum atomic E-state index is 6.01. The maximum Gasteiger partial charge on any atom is 0.193 e. The van der Waals surface area contributed by atoms with Gasteiger partial charge >= 0.3 is 0 Å². The van der Waals surface area contributed by atoms with Crippen LogP contribution in [0, 0.1) is 6.92 Å². The summed E-state index contributed by atoms with van der Waals surface area (Å²) in [7, 11) is 5.17. The van der Waals surface area contributed by atoms with Crippen LogP contribution in [-0.2, 0) is 13.6 Å². The van der Waals surface area contributed by atoms with Crippen LogP contribution in [0.5, 0.6) is 11.5 Å². The topological polar surface area (TPSA) is 86.7 Å². The van der Waals surface area contributed by atoms with Gasteiger partial charge in [0.2, 0.25) is 0 Å². The number of guanidine groups is 1. The molecular formula is C19H24IN5O2. The molecule has 0 spiro atoms. The van der Waals surface area contributed by atoms with Crippen LogP contribution in [0.1, 0.15) is 11.4 Å². The third kappa shape index (κ3) is 4.62. The molecule has 0 aliphatic rings. The van der Waals surface area contributed by atoms with Gasteiger partial charge in [-0.25, -0.2) is 9.98 Å². The summed E-state index contributed by atoms with van der Waals surface area (Å²) in [6.07, 6.45) is 0. The molecule has 0 radical (unpaired) electrons. The molecule has 0 bridgehead atoms. The number of methoxy groups -OCH3 is 2. The Morgan fingerprint density at radius 3 is 2.59 bits per heavy atom. The third-order valence-corrected chi connectivity index (χ3v) is 4.18. The Balaban J connectivity index is 0.00000261. The number of hydrogen-bond donors (Lipinski definition) is 2. The lowest BCUT2D eigenvalue weighted by Gasteiger charge is -2.10. The Hall–Kier alpha value is -2.49. The van der Waals surface area contributed by atoms with Gasteiger partial charge in [-0.05, 0) is 36.8 Å². The number of aryl methyl sites for hydroxylation is 2. The molecule has 3 rings (SSSR count). The molecule has 0 atom stereocenters. The second-order valence-electron chi connectivity index (χ2n) is 5.98. The third-order valence-electron chi connectivity index (χ3n) is 4.18. The molecule has 27 heavy (non-hydrogen) atoms. The number of imidazole rings is 1. The average Bonchev–Trinajstić information content (AvgIpc) is 2.94. The molecule has 1 aromatic heterocycles. The van der Waals surface area contributed by atoms with Crippen LogP contribution in [0.25, 0.3) is 11.0 Å². The van der Waals surface area contributed by atoms with E-state index in [1.807, 2.05) is 23.7 Å². The molecule has 0 aliphatic heterocycles. The van der Waals surface area contributed by atoms with Crippen molar-refractivity contribution in [1.82, 2.24) is 9.55 Å². The molecule has 3 aromatic rings. The van der Waals surface area contributed by atoms with E-state index >= 15 is 0 Å². The van der Waals surface area contributed by atoms with E-state index in [1.54, 1.807) is 20.3 Å². The number of anilines is 1. The van der Waals surface area contributed by atoms with E-state index < -0.39 is 0 Å². The lowest BCUT2D eigenvalue weighted by molar-refractivity contribution is 0.355. The predicted octanol–water partition coefficient (Wildman–Crippen LogP) is 3.44. The lowest BCUT2D eigenvalue weighted by Crippen LogP contribution is -2.22. The zero-order valence-corrected chi connectivity index (χ0v) is 18.1. The number of aliphatic imine (C=N–C) groups is 1. The Morgan fingerprint density at radius 1 is 1.15 bits per heavy atom. The first-order chi connectivity index (χ1) is 12.5. The zero-order chi connectivity index (χ0) is 18.7. The van der Waals surface area contributed by atoms with Gasteiger partial charge in [-0.2, -0.15) is 0 Å². The second kappa shape index (κ2) is 8.94. The predicted molar refractivity (Wildman–Crippen MR) is 119 cm³/mol. The minimum absolute atomic E-state index is 0. The van der Waals surface area contributed by atoms with Crippen molar-refractivity contribution < 1.29 is 9.47 Å². The molecule has 3 N–H and O–H groups in total. The van der Waals surface area contributed by atoms with Gasteiger partial charge in [0.05, 0.1) is 25.3 Å². The lowest BCUT2D eigenvalue weighted by atomic mass is 10.2. The van der Waals surface area contributed by atoms with Crippen molar-refractivity contribution in [2.24, 2.45) is 17.8 Å². The SMILES string of the molecule is COc1ccc(NC(N)=NCc2nc3cc(C)ccc3n2C)cc1OC.I. The van der Waals surface area contributed by atoms with Crippen LogP contribution in [0.4, 0.5) is 5.69 Å². The molecule has 0 unspecified atom stereocenters. The summed E-state index contributed by atoms with van der Waals surface area (Å²) in [6.45, 7) is 2.44. The summed E-state index contributed by atoms with van der Waals surface area (Å²) >= 11 is 0. The number of ether oxygens (including phenoxy) is 2. The summed E-state index contributed by atoms with van der Waals surface area (Å²) in [5.41, 5.74) is 10.0. The normalized spacial score (nSPS) is 11.2. The molecule has 7 nitrogen and oxygen atoms in total. The van der Waals surface area contributed by atoms with Gasteiger partial charge in [0.15, 0.2) is 17.5 Å². The van der Waals surface area contributed by atoms with E-state index in [1.165, 1.54) is 5.56 Å². The van der Waals surface area contributed by atoms with Crippen molar-refractivity contribution in [2.45, 2.75) is 13.5 Å². The highest BCUT2D eigenvalue weighted by molar-refractivity contribution is 14.0. The highest BCUT2D eigenvalue weighted by Crippen LogP contribution is 2.29. The summed E-state index contributed by atoms with van der Waals surface area (Å²) in [6, 6.07) is 11.7. The first kappa shape index (κ1) is 20.8. The molecule has 2 aromatic carbocycles. The summed E-state index contributed by atoms with van der Waals surface area (Å²) in [5, 5.41) is 3.06. The minimum Gasteiger partial charge on any atom is -0.493 e. The van der Waals surface area contributed by atoms with Gasteiger partial charge < -0.3 is 25.1 Å². The molecule has 0 saturated carbocycles. The molecule has 1 heterocycles. The molecular weight excluding hydrogens is 457 g/mol. The maximum absolute atomic E-state index is 6.01. The molecule has 8 heteroatoms. The standard InChI is InChI=1S/C19H23N5O2.HI/c1-12-5-7-15-14(9-12)23-18(24(15)2)11-21-19(20)22-13-6-8-16(25-3)17(10-13)26-4;/h5-10H,11H2,1-4H3,(H3,20,21,22);1H. The Morgan fingerprint density at radius 2 is 1.89 bits per heavy atom.